The molecule has 1 saturated heterocycles. The lowest BCUT2D eigenvalue weighted by Gasteiger charge is -2.33. The van der Waals surface area contributed by atoms with Gasteiger partial charge in [0.1, 0.15) is 0 Å². The first-order valence-electron chi connectivity index (χ1n) is 8.64. The van der Waals surface area contributed by atoms with E-state index in [1.54, 1.807) is 30.3 Å². The van der Waals surface area contributed by atoms with Crippen molar-refractivity contribution < 1.29 is 18.0 Å². The Balaban J connectivity index is 1.79. The summed E-state index contributed by atoms with van der Waals surface area (Å²) in [5.74, 6) is -0.0962. The number of carbonyl (C=O) groups is 2. The number of carbonyl (C=O) groups excluding carboxylic acids is 2. The van der Waals surface area contributed by atoms with Crippen molar-refractivity contribution >= 4 is 22.0 Å². The number of hydrogen-bond donors (Lipinski definition) is 2. The Morgan fingerprint density at radius 3 is 2.27 bits per heavy atom. The van der Waals surface area contributed by atoms with Crippen LogP contribution in [0.2, 0.25) is 0 Å². The number of hydrogen-bond acceptors (Lipinski definition) is 5. The Bertz CT molecular complexity index is 714. The summed E-state index contributed by atoms with van der Waals surface area (Å²) >= 11 is 0. The summed E-state index contributed by atoms with van der Waals surface area (Å²) < 4.78 is 26.6. The minimum absolute atomic E-state index is 0.0638. The number of benzene rings is 1. The summed E-state index contributed by atoms with van der Waals surface area (Å²) in [7, 11) is -3.51. The molecule has 0 unspecified atom stereocenters. The SMILES string of the molecule is CC(C)CNC(=O)NC(=O)CN1CCN(S(=O)(=O)c2ccccc2)CC1. The minimum atomic E-state index is -3.51. The minimum Gasteiger partial charge on any atom is -0.338 e. The largest absolute Gasteiger partial charge is 0.338 e. The van der Waals surface area contributed by atoms with Crippen molar-refractivity contribution in [2.45, 2.75) is 18.7 Å². The Hall–Kier alpha value is -1.97. The average molecular weight is 382 g/mol. The molecule has 3 amide bonds. The highest BCUT2D eigenvalue weighted by atomic mass is 32.2. The third-order valence-electron chi connectivity index (χ3n) is 4.00. The molecule has 1 aromatic rings. The van der Waals surface area contributed by atoms with Crippen LogP contribution in [0.4, 0.5) is 4.79 Å². The van der Waals surface area contributed by atoms with Crippen LogP contribution in [0.1, 0.15) is 13.8 Å². The number of amides is 3. The summed E-state index contributed by atoms with van der Waals surface area (Å²) in [5, 5.41) is 4.91. The first-order valence-corrected chi connectivity index (χ1v) is 10.1. The fourth-order valence-electron chi connectivity index (χ4n) is 2.58. The number of rotatable bonds is 6. The van der Waals surface area contributed by atoms with Gasteiger partial charge < -0.3 is 5.32 Å². The Morgan fingerprint density at radius 1 is 1.08 bits per heavy atom. The molecule has 1 heterocycles. The highest BCUT2D eigenvalue weighted by Gasteiger charge is 2.29. The van der Waals surface area contributed by atoms with Crippen LogP contribution >= 0.6 is 0 Å². The lowest BCUT2D eigenvalue weighted by Crippen LogP contribution is -2.52. The molecule has 2 rings (SSSR count). The summed E-state index contributed by atoms with van der Waals surface area (Å²) in [4.78, 5) is 25.6. The zero-order valence-corrected chi connectivity index (χ0v) is 16.0. The van der Waals surface area contributed by atoms with Crippen molar-refractivity contribution in [3.05, 3.63) is 30.3 Å². The molecule has 0 aromatic heterocycles. The molecular formula is C17H26N4O4S. The Labute approximate surface area is 154 Å². The van der Waals surface area contributed by atoms with E-state index < -0.39 is 22.0 Å². The molecule has 2 N–H and O–H groups in total. The van der Waals surface area contributed by atoms with E-state index in [2.05, 4.69) is 10.6 Å². The zero-order valence-electron chi connectivity index (χ0n) is 15.1. The van der Waals surface area contributed by atoms with Crippen molar-refractivity contribution in [1.29, 1.82) is 0 Å². The Kier molecular flexibility index (Phi) is 7.13. The topological polar surface area (TPSA) is 98.8 Å². The normalized spacial score (nSPS) is 16.4. The van der Waals surface area contributed by atoms with Gasteiger partial charge in [-0.2, -0.15) is 4.31 Å². The summed E-state index contributed by atoms with van der Waals surface area (Å²) in [5.41, 5.74) is 0. The van der Waals surface area contributed by atoms with E-state index in [9.17, 15) is 18.0 Å². The number of nitrogens with one attached hydrogen (secondary N) is 2. The van der Waals surface area contributed by atoms with Crippen LogP contribution in [0.3, 0.4) is 0 Å². The van der Waals surface area contributed by atoms with Crippen LogP contribution in [0.25, 0.3) is 0 Å². The fraction of sp³-hybridized carbons (Fsp3) is 0.529. The van der Waals surface area contributed by atoms with E-state index in [-0.39, 0.29) is 11.4 Å². The monoisotopic (exact) mass is 382 g/mol. The van der Waals surface area contributed by atoms with Gasteiger partial charge in [-0.15, -0.1) is 0 Å². The lowest BCUT2D eigenvalue weighted by molar-refractivity contribution is -0.121. The molecule has 0 radical (unpaired) electrons. The molecule has 1 aliphatic heterocycles. The molecule has 0 aliphatic carbocycles. The zero-order chi connectivity index (χ0) is 19.2. The second-order valence-electron chi connectivity index (χ2n) is 6.65. The van der Waals surface area contributed by atoms with Crippen LogP contribution in [0.15, 0.2) is 35.2 Å². The van der Waals surface area contributed by atoms with Gasteiger partial charge >= 0.3 is 6.03 Å². The molecule has 0 bridgehead atoms. The molecule has 0 atom stereocenters. The van der Waals surface area contributed by atoms with Gasteiger partial charge in [0.15, 0.2) is 0 Å². The highest BCUT2D eigenvalue weighted by Crippen LogP contribution is 2.16. The second kappa shape index (κ2) is 9.11. The maximum atomic E-state index is 12.6. The molecule has 9 heteroatoms. The van der Waals surface area contributed by atoms with Crippen molar-refractivity contribution in [2.24, 2.45) is 5.92 Å². The van der Waals surface area contributed by atoms with Crippen LogP contribution < -0.4 is 10.6 Å². The van der Waals surface area contributed by atoms with E-state index >= 15 is 0 Å². The van der Waals surface area contributed by atoms with Crippen molar-refractivity contribution in [2.75, 3.05) is 39.3 Å². The molecule has 26 heavy (non-hydrogen) atoms. The summed E-state index contributed by atoms with van der Waals surface area (Å²) in [6.45, 7) is 5.98. The van der Waals surface area contributed by atoms with Crippen LogP contribution in [0, 0.1) is 5.92 Å². The molecule has 144 valence electrons. The van der Waals surface area contributed by atoms with E-state index in [0.29, 0.717) is 38.6 Å². The number of nitrogens with zero attached hydrogens (tertiary/aromatic N) is 2. The molecule has 8 nitrogen and oxygen atoms in total. The number of sulfonamides is 1. The van der Waals surface area contributed by atoms with Gasteiger partial charge in [-0.25, -0.2) is 13.2 Å². The predicted molar refractivity (Wildman–Crippen MR) is 98.0 cm³/mol. The smallest absolute Gasteiger partial charge is 0.321 e. The second-order valence-corrected chi connectivity index (χ2v) is 8.58. The van der Waals surface area contributed by atoms with Gasteiger partial charge in [0.2, 0.25) is 15.9 Å². The third kappa shape index (κ3) is 5.79. The van der Waals surface area contributed by atoms with E-state index in [1.807, 2.05) is 18.7 Å². The van der Waals surface area contributed by atoms with Gasteiger partial charge in [0.25, 0.3) is 0 Å². The molecule has 0 spiro atoms. The highest BCUT2D eigenvalue weighted by molar-refractivity contribution is 7.89. The number of imide groups is 1. The quantitative estimate of drug-likeness (QED) is 0.745. The van der Waals surface area contributed by atoms with Crippen molar-refractivity contribution in [3.63, 3.8) is 0 Å². The van der Waals surface area contributed by atoms with Gasteiger partial charge in [0.05, 0.1) is 11.4 Å². The van der Waals surface area contributed by atoms with E-state index in [4.69, 9.17) is 0 Å². The fourth-order valence-corrected chi connectivity index (χ4v) is 4.02. The van der Waals surface area contributed by atoms with Crippen molar-refractivity contribution in [3.8, 4) is 0 Å². The predicted octanol–water partition coefficient (Wildman–Crippen LogP) is 0.475. The third-order valence-corrected chi connectivity index (χ3v) is 5.92. The van der Waals surface area contributed by atoms with Gasteiger partial charge in [-0.3, -0.25) is 15.0 Å². The lowest BCUT2D eigenvalue weighted by atomic mass is 10.2. The average Bonchev–Trinajstić information content (AvgIpc) is 2.61. The molecule has 1 aromatic carbocycles. The van der Waals surface area contributed by atoms with Gasteiger partial charge in [0, 0.05) is 32.7 Å². The van der Waals surface area contributed by atoms with E-state index in [1.165, 1.54) is 4.31 Å². The van der Waals surface area contributed by atoms with E-state index in [0.717, 1.165) is 0 Å². The van der Waals surface area contributed by atoms with Crippen molar-refractivity contribution in [1.82, 2.24) is 19.8 Å². The number of piperazine rings is 1. The standard InChI is InChI=1S/C17H26N4O4S/c1-14(2)12-18-17(23)19-16(22)13-20-8-10-21(11-9-20)26(24,25)15-6-4-3-5-7-15/h3-7,14H,8-13H2,1-2H3,(H2,18,19,22,23). The number of urea groups is 1. The summed E-state index contributed by atoms with van der Waals surface area (Å²) in [6.07, 6.45) is 0. The van der Waals surface area contributed by atoms with Crippen LogP contribution in [-0.2, 0) is 14.8 Å². The van der Waals surface area contributed by atoms with Crippen LogP contribution in [-0.4, -0.2) is 68.8 Å². The first-order chi connectivity index (χ1) is 12.3. The maximum Gasteiger partial charge on any atom is 0.321 e. The van der Waals surface area contributed by atoms with Gasteiger partial charge in [-0.1, -0.05) is 32.0 Å². The molecular weight excluding hydrogens is 356 g/mol. The Morgan fingerprint density at radius 2 is 1.69 bits per heavy atom. The maximum absolute atomic E-state index is 12.6. The molecule has 1 fully saturated rings. The molecule has 0 saturated carbocycles. The summed E-state index contributed by atoms with van der Waals surface area (Å²) in [6, 6.07) is 7.80. The first kappa shape index (κ1) is 20.3. The molecule has 1 aliphatic rings. The van der Waals surface area contributed by atoms with Crippen LogP contribution in [0.5, 0.6) is 0 Å². The van der Waals surface area contributed by atoms with Gasteiger partial charge in [-0.05, 0) is 18.1 Å².